The first-order chi connectivity index (χ1) is 70.9. The summed E-state index contributed by atoms with van der Waals surface area (Å²) in [6, 6.07) is 18.9. The third-order valence-corrected chi connectivity index (χ3v) is 39.0. The monoisotopic (exact) mass is 2280 g/mol. The summed E-state index contributed by atoms with van der Waals surface area (Å²) >= 11 is 14.3. The molecule has 145 heavy (non-hydrogen) atoms. The number of alkyl halides is 2. The van der Waals surface area contributed by atoms with E-state index in [-0.39, 0.29) is 122 Å². The Hall–Kier alpha value is -0.0173. The smallest absolute Gasteiger partial charge is 1.00 e. The number of halogens is 2. The van der Waals surface area contributed by atoms with E-state index in [2.05, 4.69) is 166 Å². The molecule has 0 aliphatic carbocycles. The maximum absolute atomic E-state index is 17.1. The molecule has 0 aromatic carbocycles. The summed E-state index contributed by atoms with van der Waals surface area (Å²) in [6.07, 6.45) is 106. The Morgan fingerprint density at radius 1 is 0.310 bits per heavy atom. The van der Waals surface area contributed by atoms with E-state index in [1.165, 1.54) is 506 Å². The van der Waals surface area contributed by atoms with Gasteiger partial charge in [-0.05, 0) is 177 Å². The van der Waals surface area contributed by atoms with Crippen LogP contribution in [-0.4, -0.2) is 52.8 Å². The van der Waals surface area contributed by atoms with Crippen LogP contribution in [0.4, 0.5) is 4.39 Å². The molecule has 0 radical (unpaired) electrons. The van der Waals surface area contributed by atoms with Gasteiger partial charge in [0.05, 0.1) is 40.8 Å². The zero-order chi connectivity index (χ0) is 104. The van der Waals surface area contributed by atoms with E-state index in [9.17, 15) is 4.39 Å². The Morgan fingerprint density at radius 3 is 0.703 bits per heavy atom. The topological polar surface area (TPSA) is 90.0 Å². The number of rotatable bonds is 92. The van der Waals surface area contributed by atoms with E-state index in [1.54, 1.807) is 22.3 Å². The minimum atomic E-state index is -1.00. The molecule has 6 aromatic heterocycles. The molecule has 0 bridgehead atoms. The van der Waals surface area contributed by atoms with Gasteiger partial charge in [-0.15, -0.1) is 68.0 Å². The Kier molecular flexibility index (Phi) is 90.0. The van der Waals surface area contributed by atoms with Gasteiger partial charge in [-0.25, -0.2) is 0 Å². The van der Waals surface area contributed by atoms with Crippen molar-refractivity contribution in [2.24, 2.45) is 17.8 Å². The van der Waals surface area contributed by atoms with E-state index in [1.807, 2.05) is 68.0 Å². The predicted molar refractivity (Wildman–Crippen MR) is 646 cm³/mol. The molecule has 2 aliphatic rings. The van der Waals surface area contributed by atoms with E-state index in [4.69, 9.17) is 11.4 Å². The summed E-state index contributed by atoms with van der Waals surface area (Å²) in [5.41, 5.74) is 9.58. The summed E-state index contributed by atoms with van der Waals surface area (Å²) in [7, 11) is -1.00. The fourth-order valence-corrected chi connectivity index (χ4v) is 29.8. The maximum Gasteiger partial charge on any atom is 1.00 e. The number of hydrogen-bond donors (Lipinski definition) is 0. The van der Waals surface area contributed by atoms with Gasteiger partial charge in [-0.3, -0.25) is 18.8 Å². The molecule has 7 nitrogen and oxygen atoms in total. The van der Waals surface area contributed by atoms with Gasteiger partial charge in [0.1, 0.15) is 0 Å². The average molecular weight is 2280 g/mol. The minimum Gasteiger partial charge on any atom is -1.00 e. The van der Waals surface area contributed by atoms with Crippen LogP contribution in [-0.2, 0) is 45.0 Å². The van der Waals surface area contributed by atoms with Crippen molar-refractivity contribution >= 4 is 120 Å². The van der Waals surface area contributed by atoms with Crippen LogP contribution < -0.4 is 108 Å². The first-order valence-corrected chi connectivity index (χ1v) is 67.3. The number of carbonyl (C=O) groups is 3. The molecular weight excluding hydrogens is 2060 g/mol. The Balaban J connectivity index is 0.00000179. The molecule has 6 aromatic rings. The van der Waals surface area contributed by atoms with Crippen molar-refractivity contribution in [2.75, 3.05) is 24.7 Å². The van der Waals surface area contributed by atoms with Crippen molar-refractivity contribution < 1.29 is 134 Å². The summed E-state index contributed by atoms with van der Waals surface area (Å²) in [4.78, 5) is 63.5. The summed E-state index contributed by atoms with van der Waals surface area (Å²) < 4.78 is 16.9. The fourth-order valence-electron chi connectivity index (χ4n) is 21.9. The quantitative estimate of drug-likeness (QED) is 0.00722. The second-order valence-electron chi connectivity index (χ2n) is 42.9. The largest absolute Gasteiger partial charge is 1.00 e. The summed E-state index contributed by atoms with van der Waals surface area (Å²) in [5.74, 6) is 1.89. The Bertz CT molecular complexity index is 3890. The zero-order valence-electron chi connectivity index (χ0n) is 97.6. The average Bonchev–Trinajstić information content (AvgIpc) is 1.55. The third kappa shape index (κ3) is 57.3. The van der Waals surface area contributed by atoms with Gasteiger partial charge in [-0.1, -0.05) is 528 Å². The molecule has 2 amide bonds. The second-order valence-corrected chi connectivity index (χ2v) is 49.9. The first-order valence-electron chi connectivity index (χ1n) is 61.5. The summed E-state index contributed by atoms with van der Waals surface area (Å²) in [6.45, 7) is 24.4. The molecule has 17 heteroatoms. The molecule has 0 N–H and O–H groups in total. The van der Waals surface area contributed by atoms with Crippen LogP contribution in [0.15, 0.2) is 70.4 Å². The van der Waals surface area contributed by atoms with E-state index in [0.717, 1.165) is 78.4 Å². The molecule has 0 saturated carbocycles. The van der Waals surface area contributed by atoms with Gasteiger partial charge in [0.15, 0.2) is 0 Å². The minimum absolute atomic E-state index is 0. The van der Waals surface area contributed by atoms with Crippen LogP contribution in [0.25, 0.3) is 50.4 Å². The van der Waals surface area contributed by atoms with Crippen LogP contribution in [0.5, 0.6) is 0 Å². The molecule has 0 spiro atoms. The van der Waals surface area contributed by atoms with Crippen molar-refractivity contribution in [3.8, 4) is 39.0 Å². The van der Waals surface area contributed by atoms with Gasteiger partial charge in [0, 0.05) is 56.5 Å². The molecule has 2 aliphatic heterocycles. The molecule has 3 atom stereocenters. The number of thiophene rings is 6. The van der Waals surface area contributed by atoms with Crippen molar-refractivity contribution in [1.82, 2.24) is 9.80 Å². The van der Waals surface area contributed by atoms with Gasteiger partial charge >= 0.3 is 103 Å². The van der Waals surface area contributed by atoms with Crippen LogP contribution >= 0.6 is 90.6 Å². The number of hydrogen-bond acceptors (Lipinski definition) is 11. The van der Waals surface area contributed by atoms with Crippen molar-refractivity contribution in [1.29, 1.82) is 0 Å². The van der Waals surface area contributed by atoms with Gasteiger partial charge in [0.2, 0.25) is 0 Å². The van der Waals surface area contributed by atoms with Gasteiger partial charge < -0.3 is 21.4 Å². The van der Waals surface area contributed by atoms with Crippen molar-refractivity contribution in [3.63, 3.8) is 0 Å². The van der Waals surface area contributed by atoms with Crippen LogP contribution in [0.1, 0.15) is 592 Å². The van der Waals surface area contributed by atoms with Crippen LogP contribution in [0, 0.1) is 17.8 Å². The first kappa shape index (κ1) is 137. The van der Waals surface area contributed by atoms with Crippen molar-refractivity contribution in [3.05, 3.63) is 102 Å². The molecular formula is C128H214FIK2N2O5S6. The number of carbonyl (C=O) groups excluding carboxylic acids is 3. The Labute approximate surface area is 1020 Å². The molecule has 3 unspecified atom stereocenters. The number of amides is 2. The van der Waals surface area contributed by atoms with E-state index in [0.29, 0.717) is 36.1 Å². The van der Waals surface area contributed by atoms with Crippen LogP contribution in [0.2, 0.25) is 0 Å². The van der Waals surface area contributed by atoms with Crippen LogP contribution in [0.3, 0.4) is 0 Å². The van der Waals surface area contributed by atoms with Crippen molar-refractivity contribution in [2.45, 2.75) is 583 Å². The molecule has 8 rings (SSSR count). The summed E-state index contributed by atoms with van der Waals surface area (Å²) in [5, 5.41) is 13.0. The van der Waals surface area contributed by atoms with Gasteiger partial charge in [-0.2, -0.15) is 0 Å². The molecule has 0 saturated heterocycles. The van der Waals surface area contributed by atoms with Gasteiger partial charge in [0.25, 0.3) is 18.3 Å². The molecule has 0 fully saturated rings. The fraction of sp³-hybridized carbons (Fsp3) is 0.758. The maximum atomic E-state index is 17.1. The van der Waals surface area contributed by atoms with E-state index < -0.39 is 7.15 Å². The Morgan fingerprint density at radius 2 is 0.503 bits per heavy atom. The molecule has 818 valence electrons. The predicted octanol–water partition coefficient (Wildman–Crippen LogP) is 39.0. The normalized spacial score (nSPS) is 13.1. The molecule has 8 heterocycles. The number of fused-ring (bicyclic) bond motifs is 1. The number of nitrogens with zero attached hydrogens (tertiary/aromatic N) is 2. The standard InChI is InChI=1S/C102H160N2O2S6.C24H49I.CH3F.CH2O3.2K.H/c1-9-17-25-33-37-41-43-47-51-55-65-81(63-53-49-45-39-35-27-19-11-3)79-103-95(87-73-75-91(109-87)99-85(69-59-31-23-15-7)83(67-57-29-21-13-5)97(111-99)89-71-61-77-107-89)93-94(101(103)105)96(104(102(93)106)80-82(64-54-50-46-40-36-28-20-12-4)66-56-52-48-44-42-38-34-26-18-10-2)88-74-76-92(110-88)100-86(70-60-32-24-16-8)84(68-58-30-22-14-6)98(112-100)90-72-62-78-108-90;1-3-5-7-9-11-13-14-16-18-20-22-24(23-25)21-19-17-15-12-10-8-6-4-2;1-2;2-1-4-3;;;/h61-62,71-78,81-82H,9-60,63-70,79-80H2,1-8H3;24H,3-23H2,1-2H3;1H3;1,3H;;;/q;;;;2*+1;-1/p-1/i;;1D;;;;. The van der Waals surface area contributed by atoms with E-state index >= 15 is 9.59 Å². The SMILES string of the molecule is CCCCCCCCCCCCC(CCCCCCCCCC)CN1C(=O)C2=C(c3ccc(-c4sc(-c5cccs5)c(CCCCCC)c4CCCCCC)s3)N(CC(CCCCCCCCCC)CCCCCCCCCCCC)C(=O)C2=C1c1ccc(-c2sc(-c3cccs3)c(CCCCCC)c2CCCCCC)s1.CCCCCCCCCCCCC(CI)CCCCCCCCCC.O=CO[O-].[2H]CF.[H-].[K+].[K+]. The zero-order valence-corrected chi connectivity index (χ0v) is 109. The number of unbranched alkanes of at least 4 members (excludes halogenated alkanes) is 60. The third-order valence-electron chi connectivity index (χ3n) is 30.6. The second kappa shape index (κ2) is 95.0.